The van der Waals surface area contributed by atoms with Crippen LogP contribution >= 0.6 is 0 Å². The summed E-state index contributed by atoms with van der Waals surface area (Å²) in [6.45, 7) is 0.0880. The zero-order valence-electron chi connectivity index (χ0n) is 13.6. The number of aliphatic carboxylic acids is 1. The van der Waals surface area contributed by atoms with Gasteiger partial charge in [0.2, 0.25) is 11.8 Å². The quantitative estimate of drug-likeness (QED) is 0.718. The lowest BCUT2D eigenvalue weighted by atomic mass is 9.99. The number of carboxylic acids is 1. The summed E-state index contributed by atoms with van der Waals surface area (Å²) in [5, 5.41) is 11.9. The lowest BCUT2D eigenvalue weighted by molar-refractivity contribution is -0.141. The van der Waals surface area contributed by atoms with Gasteiger partial charge < -0.3 is 15.3 Å². The Labute approximate surface area is 136 Å². The molecule has 0 aliphatic carbocycles. The second-order valence-electron chi connectivity index (χ2n) is 5.67. The number of benzene rings is 1. The summed E-state index contributed by atoms with van der Waals surface area (Å²) >= 11 is 0. The van der Waals surface area contributed by atoms with Crippen LogP contribution in [0.4, 0.5) is 0 Å². The molecule has 2 amide bonds. The molecule has 0 heterocycles. The van der Waals surface area contributed by atoms with Crippen molar-refractivity contribution in [3.63, 3.8) is 0 Å². The van der Waals surface area contributed by atoms with Gasteiger partial charge in [0.1, 0.15) is 0 Å². The highest BCUT2D eigenvalue weighted by Crippen LogP contribution is 2.09. The maximum absolute atomic E-state index is 11.7. The van der Waals surface area contributed by atoms with Crippen LogP contribution in [-0.2, 0) is 20.8 Å². The number of amides is 2. The average molecular weight is 320 g/mol. The van der Waals surface area contributed by atoms with Crippen LogP contribution in [0.15, 0.2) is 30.3 Å². The van der Waals surface area contributed by atoms with Gasteiger partial charge in [0.05, 0.1) is 5.92 Å². The number of nitrogens with zero attached hydrogens (tertiary/aromatic N) is 1. The van der Waals surface area contributed by atoms with Gasteiger partial charge in [0, 0.05) is 33.5 Å². The largest absolute Gasteiger partial charge is 0.481 e. The van der Waals surface area contributed by atoms with Crippen molar-refractivity contribution in [2.75, 3.05) is 20.6 Å². The van der Waals surface area contributed by atoms with Gasteiger partial charge in [0.15, 0.2) is 0 Å². The molecule has 0 aliphatic heterocycles. The highest BCUT2D eigenvalue weighted by Gasteiger charge is 2.19. The third kappa shape index (κ3) is 7.44. The maximum Gasteiger partial charge on any atom is 0.308 e. The predicted octanol–water partition coefficient (Wildman–Crippen LogP) is 1.30. The normalized spacial score (nSPS) is 11.6. The van der Waals surface area contributed by atoms with Crippen LogP contribution < -0.4 is 5.32 Å². The molecule has 1 aromatic rings. The minimum atomic E-state index is -0.933. The van der Waals surface area contributed by atoms with Crippen molar-refractivity contribution in [2.45, 2.75) is 25.7 Å². The first-order valence-electron chi connectivity index (χ1n) is 7.63. The van der Waals surface area contributed by atoms with Gasteiger partial charge in [-0.05, 0) is 18.4 Å². The van der Waals surface area contributed by atoms with Gasteiger partial charge in [0.25, 0.3) is 0 Å². The lowest BCUT2D eigenvalue weighted by Gasteiger charge is -2.14. The average Bonchev–Trinajstić information content (AvgIpc) is 2.51. The molecule has 1 unspecified atom stereocenters. The van der Waals surface area contributed by atoms with E-state index >= 15 is 0 Å². The Hall–Kier alpha value is -2.37. The molecule has 2 N–H and O–H groups in total. The van der Waals surface area contributed by atoms with E-state index in [0.29, 0.717) is 19.3 Å². The van der Waals surface area contributed by atoms with Crippen molar-refractivity contribution in [2.24, 2.45) is 5.92 Å². The third-order valence-corrected chi connectivity index (χ3v) is 3.51. The van der Waals surface area contributed by atoms with Crippen LogP contribution in [0, 0.1) is 5.92 Å². The standard InChI is InChI=1S/C17H24N2O4/c1-19(2)16(21)10-6-9-15(20)18-12-14(17(22)23)11-13-7-4-3-5-8-13/h3-5,7-8,14H,6,9-12H2,1-2H3,(H,18,20)(H,22,23). The Kier molecular flexibility index (Phi) is 7.80. The van der Waals surface area contributed by atoms with Crippen LogP contribution in [0.25, 0.3) is 0 Å². The Balaban J connectivity index is 2.36. The van der Waals surface area contributed by atoms with Gasteiger partial charge in [-0.3, -0.25) is 14.4 Å². The van der Waals surface area contributed by atoms with Crippen LogP contribution in [0.5, 0.6) is 0 Å². The molecule has 1 atom stereocenters. The van der Waals surface area contributed by atoms with Crippen molar-refractivity contribution >= 4 is 17.8 Å². The second kappa shape index (κ2) is 9.61. The van der Waals surface area contributed by atoms with E-state index in [9.17, 15) is 19.5 Å². The summed E-state index contributed by atoms with van der Waals surface area (Å²) in [5.41, 5.74) is 0.922. The molecule has 0 bridgehead atoms. The molecule has 0 aliphatic rings. The van der Waals surface area contributed by atoms with E-state index in [1.807, 2.05) is 30.3 Å². The molecule has 126 valence electrons. The van der Waals surface area contributed by atoms with Gasteiger partial charge in [-0.2, -0.15) is 0 Å². The number of hydrogen-bond acceptors (Lipinski definition) is 3. The first kappa shape index (κ1) is 18.7. The Morgan fingerprint density at radius 1 is 1.13 bits per heavy atom. The van der Waals surface area contributed by atoms with E-state index in [1.54, 1.807) is 14.1 Å². The minimum Gasteiger partial charge on any atom is -0.481 e. The molecule has 1 rings (SSSR count). The molecule has 0 radical (unpaired) electrons. The van der Waals surface area contributed by atoms with Crippen molar-refractivity contribution in [3.8, 4) is 0 Å². The zero-order chi connectivity index (χ0) is 17.2. The summed E-state index contributed by atoms with van der Waals surface area (Å²) in [6, 6.07) is 9.31. The molecule has 0 saturated carbocycles. The van der Waals surface area contributed by atoms with Crippen molar-refractivity contribution in [3.05, 3.63) is 35.9 Å². The van der Waals surface area contributed by atoms with Gasteiger partial charge in [-0.1, -0.05) is 30.3 Å². The summed E-state index contributed by atoms with van der Waals surface area (Å²) in [6.07, 6.45) is 1.36. The molecular formula is C17H24N2O4. The number of carbonyl (C=O) groups is 3. The number of carboxylic acid groups (broad SMARTS) is 1. The highest BCUT2D eigenvalue weighted by atomic mass is 16.4. The zero-order valence-corrected chi connectivity index (χ0v) is 13.6. The first-order valence-corrected chi connectivity index (χ1v) is 7.63. The van der Waals surface area contributed by atoms with Crippen LogP contribution in [0.3, 0.4) is 0 Å². The summed E-state index contributed by atoms with van der Waals surface area (Å²) in [5.74, 6) is -1.84. The van der Waals surface area contributed by atoms with Crippen molar-refractivity contribution in [1.82, 2.24) is 10.2 Å². The Morgan fingerprint density at radius 2 is 1.78 bits per heavy atom. The van der Waals surface area contributed by atoms with Crippen molar-refractivity contribution < 1.29 is 19.5 Å². The predicted molar refractivity (Wildman–Crippen MR) is 86.8 cm³/mol. The maximum atomic E-state index is 11.7. The topological polar surface area (TPSA) is 86.7 Å². The molecular weight excluding hydrogens is 296 g/mol. The van der Waals surface area contributed by atoms with Crippen LogP contribution in [0.1, 0.15) is 24.8 Å². The smallest absolute Gasteiger partial charge is 0.308 e. The van der Waals surface area contributed by atoms with Gasteiger partial charge in [-0.25, -0.2) is 0 Å². The molecule has 0 saturated heterocycles. The van der Waals surface area contributed by atoms with Crippen LogP contribution in [-0.4, -0.2) is 48.4 Å². The van der Waals surface area contributed by atoms with Gasteiger partial charge in [-0.15, -0.1) is 0 Å². The Bertz CT molecular complexity index is 529. The van der Waals surface area contributed by atoms with E-state index in [0.717, 1.165) is 5.56 Å². The first-order chi connectivity index (χ1) is 10.9. The van der Waals surface area contributed by atoms with Crippen molar-refractivity contribution in [1.29, 1.82) is 0 Å². The van der Waals surface area contributed by atoms with E-state index in [2.05, 4.69) is 5.32 Å². The van der Waals surface area contributed by atoms with E-state index < -0.39 is 11.9 Å². The number of nitrogens with one attached hydrogen (secondary N) is 1. The summed E-state index contributed by atoms with van der Waals surface area (Å²) in [4.78, 5) is 35.9. The van der Waals surface area contributed by atoms with Gasteiger partial charge >= 0.3 is 5.97 Å². The second-order valence-corrected chi connectivity index (χ2v) is 5.67. The molecule has 23 heavy (non-hydrogen) atoms. The fraction of sp³-hybridized carbons (Fsp3) is 0.471. The summed E-state index contributed by atoms with van der Waals surface area (Å²) in [7, 11) is 3.34. The highest BCUT2D eigenvalue weighted by molar-refractivity contribution is 5.79. The molecule has 0 spiro atoms. The van der Waals surface area contributed by atoms with E-state index in [4.69, 9.17) is 0 Å². The Morgan fingerprint density at radius 3 is 2.35 bits per heavy atom. The fourth-order valence-electron chi connectivity index (χ4n) is 2.09. The molecule has 6 nitrogen and oxygen atoms in total. The number of carbonyl (C=O) groups excluding carboxylic acids is 2. The van der Waals surface area contributed by atoms with E-state index in [-0.39, 0.29) is 24.8 Å². The molecule has 6 heteroatoms. The molecule has 0 fully saturated rings. The van der Waals surface area contributed by atoms with Crippen LogP contribution in [0.2, 0.25) is 0 Å². The number of rotatable bonds is 9. The summed E-state index contributed by atoms with van der Waals surface area (Å²) < 4.78 is 0. The SMILES string of the molecule is CN(C)C(=O)CCCC(=O)NCC(Cc1ccccc1)C(=O)O. The minimum absolute atomic E-state index is 0.0229. The van der Waals surface area contributed by atoms with E-state index in [1.165, 1.54) is 4.90 Å². The number of hydrogen-bond donors (Lipinski definition) is 2. The fourth-order valence-corrected chi connectivity index (χ4v) is 2.09. The monoisotopic (exact) mass is 320 g/mol. The third-order valence-electron chi connectivity index (χ3n) is 3.51. The molecule has 0 aromatic heterocycles. The lowest BCUT2D eigenvalue weighted by Crippen LogP contribution is -2.34. The molecule has 1 aromatic carbocycles.